The van der Waals surface area contributed by atoms with Gasteiger partial charge in [-0.15, -0.1) is 0 Å². The molecule has 0 bridgehead atoms. The van der Waals surface area contributed by atoms with Gasteiger partial charge in [0.05, 0.1) is 6.61 Å². The summed E-state index contributed by atoms with van der Waals surface area (Å²) >= 11 is 0. The van der Waals surface area contributed by atoms with Crippen molar-refractivity contribution in [2.45, 2.75) is 25.3 Å². The third kappa shape index (κ3) is 4.31. The minimum atomic E-state index is 0.114. The minimum Gasteiger partial charge on any atom is -0.395 e. The van der Waals surface area contributed by atoms with E-state index in [0.717, 1.165) is 12.8 Å². The molecule has 0 atom stereocenters. The molecule has 1 saturated carbocycles. The van der Waals surface area contributed by atoms with Crippen molar-refractivity contribution in [3.8, 4) is 0 Å². The van der Waals surface area contributed by atoms with Gasteiger partial charge in [-0.25, -0.2) is 0 Å². The van der Waals surface area contributed by atoms with Crippen LogP contribution in [0.15, 0.2) is 0 Å². The lowest BCUT2D eigenvalue weighted by Gasteiger charge is -2.03. The van der Waals surface area contributed by atoms with Gasteiger partial charge < -0.3 is 15.7 Å². The molecule has 0 unspecified atom stereocenters. The van der Waals surface area contributed by atoms with Gasteiger partial charge in [0.25, 0.3) is 0 Å². The summed E-state index contributed by atoms with van der Waals surface area (Å²) in [4.78, 5) is 11.0. The third-order valence-electron chi connectivity index (χ3n) is 1.76. The predicted molar refractivity (Wildman–Crippen MR) is 45.7 cm³/mol. The fraction of sp³-hybridized carbons (Fsp3) is 0.875. The second-order valence-electron chi connectivity index (χ2n) is 3.07. The number of nitrogens with one attached hydrogen (secondary N) is 2. The second kappa shape index (κ2) is 5.11. The lowest BCUT2D eigenvalue weighted by molar-refractivity contribution is -0.121. The molecule has 0 aromatic rings. The number of hydrogen-bond donors (Lipinski definition) is 3. The van der Waals surface area contributed by atoms with Crippen molar-refractivity contribution >= 4 is 5.91 Å². The van der Waals surface area contributed by atoms with Crippen LogP contribution in [0.25, 0.3) is 0 Å². The number of carbonyl (C=O) groups is 1. The summed E-state index contributed by atoms with van der Waals surface area (Å²) in [6.45, 7) is 1.35. The van der Waals surface area contributed by atoms with Gasteiger partial charge in [0.1, 0.15) is 0 Å². The van der Waals surface area contributed by atoms with Crippen LogP contribution in [0.3, 0.4) is 0 Å². The standard InChI is InChI=1S/C8H16N2O2/c11-6-5-9-4-3-8(12)10-7-1-2-7/h7,9,11H,1-6H2,(H,10,12). The Morgan fingerprint density at radius 1 is 1.42 bits per heavy atom. The molecule has 1 aliphatic carbocycles. The topological polar surface area (TPSA) is 61.4 Å². The lowest BCUT2D eigenvalue weighted by Crippen LogP contribution is -2.29. The Labute approximate surface area is 72.3 Å². The Hall–Kier alpha value is -0.610. The first kappa shape index (κ1) is 9.48. The quantitative estimate of drug-likeness (QED) is 0.461. The fourth-order valence-corrected chi connectivity index (χ4v) is 0.933. The van der Waals surface area contributed by atoms with Gasteiger partial charge in [-0.05, 0) is 12.8 Å². The van der Waals surface area contributed by atoms with Crippen molar-refractivity contribution in [1.29, 1.82) is 0 Å². The summed E-state index contributed by atoms with van der Waals surface area (Å²) in [5, 5.41) is 14.3. The number of amides is 1. The van der Waals surface area contributed by atoms with Crippen molar-refractivity contribution in [1.82, 2.24) is 10.6 Å². The van der Waals surface area contributed by atoms with Crippen LogP contribution in [0.1, 0.15) is 19.3 Å². The smallest absolute Gasteiger partial charge is 0.221 e. The van der Waals surface area contributed by atoms with Gasteiger partial charge in [0, 0.05) is 25.6 Å². The highest BCUT2D eigenvalue weighted by Gasteiger charge is 2.22. The van der Waals surface area contributed by atoms with Crippen LogP contribution in [0.4, 0.5) is 0 Å². The number of aliphatic hydroxyl groups is 1. The molecule has 0 saturated heterocycles. The molecule has 70 valence electrons. The molecule has 1 fully saturated rings. The SMILES string of the molecule is O=C(CCNCCO)NC1CC1. The van der Waals surface area contributed by atoms with Gasteiger partial charge in [0.15, 0.2) is 0 Å². The number of aliphatic hydroxyl groups excluding tert-OH is 1. The maximum atomic E-state index is 11.0. The molecule has 0 aromatic carbocycles. The molecular formula is C8H16N2O2. The largest absolute Gasteiger partial charge is 0.395 e. The summed E-state index contributed by atoms with van der Waals surface area (Å²) in [6, 6.07) is 0.454. The summed E-state index contributed by atoms with van der Waals surface area (Å²) in [7, 11) is 0. The van der Waals surface area contributed by atoms with Crippen molar-refractivity contribution in [3.63, 3.8) is 0 Å². The van der Waals surface area contributed by atoms with Crippen LogP contribution in [-0.2, 0) is 4.79 Å². The third-order valence-corrected chi connectivity index (χ3v) is 1.76. The summed E-state index contributed by atoms with van der Waals surface area (Å²) in [6.07, 6.45) is 2.78. The average molecular weight is 172 g/mol. The zero-order chi connectivity index (χ0) is 8.81. The van der Waals surface area contributed by atoms with E-state index < -0.39 is 0 Å². The maximum Gasteiger partial charge on any atom is 0.221 e. The Kier molecular flexibility index (Phi) is 4.04. The summed E-state index contributed by atoms with van der Waals surface area (Å²) in [5.74, 6) is 0.114. The minimum absolute atomic E-state index is 0.114. The van der Waals surface area contributed by atoms with Crippen molar-refractivity contribution in [3.05, 3.63) is 0 Å². The highest BCUT2D eigenvalue weighted by Crippen LogP contribution is 2.18. The average Bonchev–Trinajstić information content (AvgIpc) is 2.82. The van der Waals surface area contributed by atoms with Crippen LogP contribution in [0.5, 0.6) is 0 Å². The van der Waals surface area contributed by atoms with E-state index in [2.05, 4.69) is 10.6 Å². The molecule has 0 heterocycles. The van der Waals surface area contributed by atoms with E-state index >= 15 is 0 Å². The number of hydrogen-bond acceptors (Lipinski definition) is 3. The molecule has 1 aliphatic rings. The Morgan fingerprint density at radius 3 is 2.75 bits per heavy atom. The van der Waals surface area contributed by atoms with Crippen LogP contribution in [0.2, 0.25) is 0 Å². The summed E-state index contributed by atoms with van der Waals surface area (Å²) < 4.78 is 0. The zero-order valence-electron chi connectivity index (χ0n) is 7.18. The van der Waals surface area contributed by atoms with Gasteiger partial charge in [-0.1, -0.05) is 0 Å². The van der Waals surface area contributed by atoms with Crippen molar-refractivity contribution in [2.75, 3.05) is 19.7 Å². The van der Waals surface area contributed by atoms with E-state index in [1.807, 2.05) is 0 Å². The first-order valence-corrected chi connectivity index (χ1v) is 4.44. The zero-order valence-corrected chi connectivity index (χ0v) is 7.18. The van der Waals surface area contributed by atoms with Gasteiger partial charge in [0.2, 0.25) is 5.91 Å². The normalized spacial score (nSPS) is 16.1. The maximum absolute atomic E-state index is 11.0. The van der Waals surface area contributed by atoms with Crippen LogP contribution in [0, 0.1) is 0 Å². The Bertz CT molecular complexity index is 146. The molecule has 1 amide bonds. The molecule has 4 heteroatoms. The Balaban J connectivity index is 1.87. The molecular weight excluding hydrogens is 156 g/mol. The molecule has 0 spiro atoms. The number of carbonyl (C=O) groups excluding carboxylic acids is 1. The highest BCUT2D eigenvalue weighted by molar-refractivity contribution is 5.76. The molecule has 12 heavy (non-hydrogen) atoms. The van der Waals surface area contributed by atoms with Gasteiger partial charge in [-0.3, -0.25) is 4.79 Å². The van der Waals surface area contributed by atoms with E-state index in [0.29, 0.717) is 25.6 Å². The van der Waals surface area contributed by atoms with Crippen molar-refractivity contribution in [2.24, 2.45) is 0 Å². The van der Waals surface area contributed by atoms with E-state index in [9.17, 15) is 4.79 Å². The molecule has 3 N–H and O–H groups in total. The monoisotopic (exact) mass is 172 g/mol. The second-order valence-corrected chi connectivity index (χ2v) is 3.07. The lowest BCUT2D eigenvalue weighted by atomic mass is 10.4. The Morgan fingerprint density at radius 2 is 2.17 bits per heavy atom. The van der Waals surface area contributed by atoms with E-state index in [4.69, 9.17) is 5.11 Å². The van der Waals surface area contributed by atoms with Gasteiger partial charge >= 0.3 is 0 Å². The van der Waals surface area contributed by atoms with Crippen molar-refractivity contribution < 1.29 is 9.90 Å². The molecule has 1 rings (SSSR count). The molecule has 0 aromatic heterocycles. The molecule has 0 radical (unpaired) electrons. The van der Waals surface area contributed by atoms with E-state index in [-0.39, 0.29) is 12.5 Å². The molecule has 4 nitrogen and oxygen atoms in total. The summed E-state index contributed by atoms with van der Waals surface area (Å²) in [5.41, 5.74) is 0. The predicted octanol–water partition coefficient (Wildman–Crippen LogP) is -0.763. The fourth-order valence-electron chi connectivity index (χ4n) is 0.933. The molecule has 0 aliphatic heterocycles. The van der Waals surface area contributed by atoms with E-state index in [1.165, 1.54) is 0 Å². The van der Waals surface area contributed by atoms with Crippen LogP contribution in [-0.4, -0.2) is 36.8 Å². The number of rotatable bonds is 6. The van der Waals surface area contributed by atoms with Crippen LogP contribution >= 0.6 is 0 Å². The van der Waals surface area contributed by atoms with Crippen LogP contribution < -0.4 is 10.6 Å². The first-order valence-electron chi connectivity index (χ1n) is 4.44. The van der Waals surface area contributed by atoms with E-state index in [1.54, 1.807) is 0 Å². The highest BCUT2D eigenvalue weighted by atomic mass is 16.3. The van der Waals surface area contributed by atoms with Gasteiger partial charge in [-0.2, -0.15) is 0 Å². The first-order chi connectivity index (χ1) is 5.83.